The molecule has 0 bridgehead atoms. The number of hydrogen-bond donors (Lipinski definition) is 1. The van der Waals surface area contributed by atoms with Gasteiger partial charge in [-0.3, -0.25) is 4.79 Å². The summed E-state index contributed by atoms with van der Waals surface area (Å²) in [4.78, 5) is 16.3. The molecule has 0 saturated heterocycles. The number of aromatic nitrogens is 1. The second-order valence-corrected chi connectivity index (χ2v) is 11.8. The molecule has 0 atom stereocenters. The van der Waals surface area contributed by atoms with Crippen molar-refractivity contribution in [2.75, 3.05) is 0 Å². The van der Waals surface area contributed by atoms with Crippen LogP contribution in [-0.2, 0) is 24.9 Å². The Morgan fingerprint density at radius 2 is 1.58 bits per heavy atom. The van der Waals surface area contributed by atoms with Crippen LogP contribution in [0.4, 0.5) is 8.78 Å². The number of thiophene rings is 1. The van der Waals surface area contributed by atoms with Crippen molar-refractivity contribution < 1.29 is 38.8 Å². The van der Waals surface area contributed by atoms with E-state index in [1.807, 2.05) is 53.7 Å². The molecule has 0 aliphatic rings. The van der Waals surface area contributed by atoms with Crippen LogP contribution in [0.2, 0.25) is 0 Å². The van der Waals surface area contributed by atoms with Crippen LogP contribution in [-0.4, -0.2) is 15.9 Å². The molecule has 0 saturated carbocycles. The molecule has 3 nitrogen and oxygen atoms in total. The van der Waals surface area contributed by atoms with Gasteiger partial charge >= 0.3 is 0 Å². The van der Waals surface area contributed by atoms with Crippen LogP contribution in [0.5, 0.6) is 0 Å². The van der Waals surface area contributed by atoms with Crippen molar-refractivity contribution in [2.45, 2.75) is 67.2 Å². The second kappa shape index (κ2) is 15.1. The number of allylic oxidation sites excluding steroid dienone is 2. The Hall–Kier alpha value is -2.99. The average Bonchev–Trinajstić information content (AvgIpc) is 3.32. The zero-order chi connectivity index (χ0) is 30.6. The van der Waals surface area contributed by atoms with E-state index in [1.165, 1.54) is 23.5 Å². The molecule has 0 unspecified atom stereocenters. The molecule has 0 amide bonds. The van der Waals surface area contributed by atoms with Gasteiger partial charge in [-0.1, -0.05) is 53.7 Å². The molecular formula is C36H38F2IrNO2S-. The molecule has 0 spiro atoms. The first-order valence-electron chi connectivity index (χ1n) is 14.7. The molecule has 43 heavy (non-hydrogen) atoms. The number of aliphatic hydroxyl groups is 1. The summed E-state index contributed by atoms with van der Waals surface area (Å²) in [5.74, 6) is -0.548. The second-order valence-electron chi connectivity index (χ2n) is 10.8. The van der Waals surface area contributed by atoms with E-state index in [9.17, 15) is 18.7 Å². The molecule has 0 fully saturated rings. The topological polar surface area (TPSA) is 50.2 Å². The van der Waals surface area contributed by atoms with Gasteiger partial charge in [0.15, 0.2) is 5.78 Å². The fourth-order valence-electron chi connectivity index (χ4n) is 5.53. The molecule has 5 aromatic rings. The molecule has 2 heterocycles. The van der Waals surface area contributed by atoms with Gasteiger partial charge in [0.2, 0.25) is 0 Å². The number of carbonyl (C=O) groups is 1. The molecule has 0 aliphatic carbocycles. The van der Waals surface area contributed by atoms with E-state index in [0.717, 1.165) is 74.3 Å². The van der Waals surface area contributed by atoms with Crippen LogP contribution in [0.25, 0.3) is 42.2 Å². The van der Waals surface area contributed by atoms with Crippen LogP contribution in [0.15, 0.2) is 60.5 Å². The van der Waals surface area contributed by atoms with Crippen LogP contribution < -0.4 is 0 Å². The number of rotatable bonds is 8. The first kappa shape index (κ1) is 34.5. The maximum atomic E-state index is 14.6. The molecule has 5 rings (SSSR count). The van der Waals surface area contributed by atoms with Gasteiger partial charge in [0, 0.05) is 76.1 Å². The van der Waals surface area contributed by atoms with E-state index in [0.29, 0.717) is 10.8 Å². The normalized spacial score (nSPS) is 11.7. The molecule has 2 aromatic heterocycles. The van der Waals surface area contributed by atoms with Crippen molar-refractivity contribution in [1.29, 1.82) is 0 Å². The monoisotopic (exact) mass is 779 g/mol. The Labute approximate surface area is 270 Å². The van der Waals surface area contributed by atoms with Crippen LogP contribution in [0.1, 0.15) is 64.5 Å². The summed E-state index contributed by atoms with van der Waals surface area (Å²) in [6.07, 6.45) is 6.68. The fraction of sp³-hybridized carbons (Fsp3) is 0.333. The number of aliphatic hydroxyl groups excluding tert-OH is 1. The summed E-state index contributed by atoms with van der Waals surface area (Å²) in [6, 6.07) is 15.5. The molecule has 7 heteroatoms. The Morgan fingerprint density at radius 1 is 0.930 bits per heavy atom. The number of halogens is 2. The molecular weight excluding hydrogens is 741 g/mol. The van der Waals surface area contributed by atoms with Gasteiger partial charge in [-0.25, -0.2) is 8.78 Å². The van der Waals surface area contributed by atoms with Crippen molar-refractivity contribution >= 4 is 48.1 Å². The average molecular weight is 779 g/mol. The number of hydrogen-bond acceptors (Lipinski definition) is 4. The van der Waals surface area contributed by atoms with Crippen LogP contribution >= 0.6 is 11.3 Å². The summed E-state index contributed by atoms with van der Waals surface area (Å²) in [5, 5.41) is 12.8. The summed E-state index contributed by atoms with van der Waals surface area (Å²) < 4.78 is 30.0. The predicted octanol–water partition coefficient (Wildman–Crippen LogP) is 10.8. The Balaban J connectivity index is 0.000000274. The third-order valence-electron chi connectivity index (χ3n) is 7.87. The van der Waals surface area contributed by atoms with E-state index in [2.05, 4.69) is 23.2 Å². The van der Waals surface area contributed by atoms with Crippen molar-refractivity contribution in [1.82, 2.24) is 4.98 Å². The van der Waals surface area contributed by atoms with Crippen LogP contribution in [0.3, 0.4) is 0 Å². The van der Waals surface area contributed by atoms with Gasteiger partial charge in [-0.15, -0.1) is 46.2 Å². The zero-order valence-electron chi connectivity index (χ0n) is 25.5. The van der Waals surface area contributed by atoms with Crippen molar-refractivity contribution in [2.24, 2.45) is 11.8 Å². The molecule has 1 radical (unpaired) electrons. The molecule has 0 aliphatic heterocycles. The minimum atomic E-state index is -0.562. The fourth-order valence-corrected chi connectivity index (χ4v) is 6.88. The summed E-state index contributed by atoms with van der Waals surface area (Å²) in [6.45, 7) is 12.1. The van der Waals surface area contributed by atoms with E-state index in [-0.39, 0.29) is 43.5 Å². The smallest absolute Gasteiger partial charge is 0.162 e. The number of benzene rings is 3. The van der Waals surface area contributed by atoms with Crippen LogP contribution in [0, 0.1) is 43.4 Å². The minimum Gasteiger partial charge on any atom is -0.512 e. The van der Waals surface area contributed by atoms with Crippen molar-refractivity contribution in [3.05, 3.63) is 89.3 Å². The van der Waals surface area contributed by atoms with Gasteiger partial charge in [0.05, 0.1) is 5.76 Å². The van der Waals surface area contributed by atoms with Gasteiger partial charge in [-0.05, 0) is 48.6 Å². The Bertz CT molecular complexity index is 1750. The number of pyridine rings is 1. The SMILES string of the molecule is CCC(CC)C(=O)/C=C(\O)C(CC)CC.Cc1[c-]c(-c2nccc3c2sc2c3ccc3cc(F)cc(F)c32)cc(C)c1.[Ir]. The first-order valence-corrected chi connectivity index (χ1v) is 15.5. The van der Waals surface area contributed by atoms with Crippen molar-refractivity contribution in [3.63, 3.8) is 0 Å². The zero-order valence-corrected chi connectivity index (χ0v) is 28.7. The maximum absolute atomic E-state index is 14.6. The standard InChI is InChI=1S/C23H14F2NS.C13H24O2.Ir/c1-12-7-13(2)9-15(8-12)21-23-18(5-6-26-21)17-4-3-14-10-16(24)11-19(25)20(14)22(17)27-23;1-5-10(6-2)12(14)9-13(15)11(7-3)8-4;/h3-8,10-11H,1-2H3;9-11,14H,5-8H2,1-4H3;/q-1;;/b;12-9-;. The molecule has 229 valence electrons. The van der Waals surface area contributed by atoms with Gasteiger partial charge in [0.25, 0.3) is 0 Å². The van der Waals surface area contributed by atoms with Crippen molar-refractivity contribution in [3.8, 4) is 11.3 Å². The summed E-state index contributed by atoms with van der Waals surface area (Å²) in [5.41, 5.74) is 3.97. The van der Waals surface area contributed by atoms with E-state index < -0.39 is 11.6 Å². The van der Waals surface area contributed by atoms with E-state index in [1.54, 1.807) is 12.3 Å². The number of fused-ring (bicyclic) bond motifs is 5. The third-order valence-corrected chi connectivity index (χ3v) is 9.12. The number of aryl methyl sites for hydroxylation is 2. The molecule has 1 N–H and O–H groups in total. The van der Waals surface area contributed by atoms with E-state index in [4.69, 9.17) is 0 Å². The maximum Gasteiger partial charge on any atom is 0.162 e. The largest absolute Gasteiger partial charge is 0.512 e. The Morgan fingerprint density at radius 3 is 2.21 bits per heavy atom. The summed E-state index contributed by atoms with van der Waals surface area (Å²) in [7, 11) is 0. The number of ketones is 1. The molecule has 3 aromatic carbocycles. The number of nitrogens with zero attached hydrogens (tertiary/aromatic N) is 1. The van der Waals surface area contributed by atoms with Gasteiger partial charge in [0.1, 0.15) is 11.6 Å². The quantitative estimate of drug-likeness (QED) is 0.0970. The summed E-state index contributed by atoms with van der Waals surface area (Å²) >= 11 is 1.50. The van der Waals surface area contributed by atoms with Gasteiger partial charge in [-0.2, -0.15) is 0 Å². The van der Waals surface area contributed by atoms with Gasteiger partial charge < -0.3 is 10.1 Å². The third kappa shape index (κ3) is 7.57. The predicted molar refractivity (Wildman–Crippen MR) is 172 cm³/mol. The minimum absolute atomic E-state index is 0. The Kier molecular flexibility index (Phi) is 12.1. The number of carbonyl (C=O) groups excluding carboxylic acids is 1. The van der Waals surface area contributed by atoms with E-state index >= 15 is 0 Å². The first-order chi connectivity index (χ1) is 20.1.